The summed E-state index contributed by atoms with van der Waals surface area (Å²) in [5.41, 5.74) is 2.47. The van der Waals surface area contributed by atoms with E-state index in [-0.39, 0.29) is 6.67 Å². The Kier molecular flexibility index (Phi) is 4.20. The summed E-state index contributed by atoms with van der Waals surface area (Å²) in [4.78, 5) is 0. The van der Waals surface area contributed by atoms with E-state index >= 15 is 0 Å². The fourth-order valence-corrected chi connectivity index (χ4v) is 2.10. The molecule has 3 nitrogen and oxygen atoms in total. The number of fused-ring (bicyclic) bond motifs is 1. The molecule has 0 atom stereocenters. The number of ether oxygens (including phenoxy) is 2. The predicted molar refractivity (Wildman–Crippen MR) is 64.5 cm³/mol. The molecule has 1 aromatic rings. The van der Waals surface area contributed by atoms with E-state index in [2.05, 4.69) is 11.4 Å². The Labute approximate surface area is 101 Å². The molecule has 0 unspecified atom stereocenters. The van der Waals surface area contributed by atoms with Crippen molar-refractivity contribution >= 4 is 0 Å². The fraction of sp³-hybridized carbons (Fsp3) is 0.538. The maximum absolute atomic E-state index is 12.0. The highest BCUT2D eigenvalue weighted by atomic mass is 19.1. The van der Waals surface area contributed by atoms with Crippen LogP contribution in [-0.2, 0) is 13.0 Å². The summed E-state index contributed by atoms with van der Waals surface area (Å²) in [6.07, 6.45) is 1.36. The average Bonchev–Trinajstić information content (AvgIpc) is 2.38. The standard InChI is InChI=1S/C13H18FNO2/c1-16-13-11-5-7-15-9-10(11)3-4-12(13)17-8-2-6-14/h3-4,15H,2,5-9H2,1H3. The monoisotopic (exact) mass is 239 g/mol. The van der Waals surface area contributed by atoms with Crippen molar-refractivity contribution in [3.8, 4) is 11.5 Å². The zero-order valence-electron chi connectivity index (χ0n) is 10.1. The minimum Gasteiger partial charge on any atom is -0.493 e. The van der Waals surface area contributed by atoms with Crippen LogP contribution in [0.25, 0.3) is 0 Å². The number of rotatable bonds is 5. The number of benzene rings is 1. The third-order valence-corrected chi connectivity index (χ3v) is 2.93. The normalized spacial score (nSPS) is 14.2. The summed E-state index contributed by atoms with van der Waals surface area (Å²) in [5, 5.41) is 3.32. The molecule has 0 saturated heterocycles. The van der Waals surface area contributed by atoms with Crippen LogP contribution < -0.4 is 14.8 Å². The van der Waals surface area contributed by atoms with E-state index in [9.17, 15) is 4.39 Å². The highest BCUT2D eigenvalue weighted by Gasteiger charge is 2.17. The number of halogens is 1. The van der Waals surface area contributed by atoms with Gasteiger partial charge in [-0.15, -0.1) is 0 Å². The predicted octanol–water partition coefficient (Wildman–Crippen LogP) is 2.08. The second kappa shape index (κ2) is 5.87. The molecular formula is C13H18FNO2. The van der Waals surface area contributed by atoms with Crippen molar-refractivity contribution < 1.29 is 13.9 Å². The summed E-state index contributed by atoms with van der Waals surface area (Å²) >= 11 is 0. The topological polar surface area (TPSA) is 30.5 Å². The van der Waals surface area contributed by atoms with Crippen molar-refractivity contribution in [1.29, 1.82) is 0 Å². The minimum atomic E-state index is -0.350. The molecule has 94 valence electrons. The Hall–Kier alpha value is -1.29. The molecule has 0 saturated carbocycles. The summed E-state index contributed by atoms with van der Waals surface area (Å²) in [6.45, 7) is 1.87. The molecule has 2 rings (SSSR count). The van der Waals surface area contributed by atoms with Crippen LogP contribution >= 0.6 is 0 Å². The number of alkyl halides is 1. The second-order valence-electron chi connectivity index (χ2n) is 4.05. The summed E-state index contributed by atoms with van der Waals surface area (Å²) < 4.78 is 23.0. The first-order valence-corrected chi connectivity index (χ1v) is 5.95. The Morgan fingerprint density at radius 2 is 2.29 bits per heavy atom. The van der Waals surface area contributed by atoms with Gasteiger partial charge in [0.05, 0.1) is 20.4 Å². The number of hydrogen-bond donors (Lipinski definition) is 1. The van der Waals surface area contributed by atoms with E-state index in [4.69, 9.17) is 9.47 Å². The second-order valence-corrected chi connectivity index (χ2v) is 4.05. The zero-order valence-corrected chi connectivity index (χ0v) is 10.1. The lowest BCUT2D eigenvalue weighted by Crippen LogP contribution is -2.24. The highest BCUT2D eigenvalue weighted by Crippen LogP contribution is 2.35. The number of hydrogen-bond acceptors (Lipinski definition) is 3. The van der Waals surface area contributed by atoms with Gasteiger partial charge in [0.25, 0.3) is 0 Å². The molecule has 0 aliphatic carbocycles. The Morgan fingerprint density at radius 1 is 1.41 bits per heavy atom. The Bertz CT molecular complexity index is 382. The zero-order chi connectivity index (χ0) is 12.1. The Balaban J connectivity index is 2.20. The highest BCUT2D eigenvalue weighted by molar-refractivity contribution is 5.51. The molecule has 1 heterocycles. The van der Waals surface area contributed by atoms with Crippen molar-refractivity contribution in [3.05, 3.63) is 23.3 Å². The van der Waals surface area contributed by atoms with Crippen LogP contribution in [0.15, 0.2) is 12.1 Å². The van der Waals surface area contributed by atoms with Gasteiger partial charge in [-0.1, -0.05) is 6.07 Å². The summed E-state index contributed by atoms with van der Waals surface area (Å²) in [7, 11) is 1.65. The molecule has 17 heavy (non-hydrogen) atoms. The van der Waals surface area contributed by atoms with E-state index in [1.807, 2.05) is 6.07 Å². The van der Waals surface area contributed by atoms with Crippen molar-refractivity contribution in [1.82, 2.24) is 5.32 Å². The molecular weight excluding hydrogens is 221 g/mol. The van der Waals surface area contributed by atoms with E-state index in [0.29, 0.717) is 13.0 Å². The van der Waals surface area contributed by atoms with Crippen LogP contribution in [-0.4, -0.2) is 26.9 Å². The van der Waals surface area contributed by atoms with Crippen LogP contribution in [0.3, 0.4) is 0 Å². The third kappa shape index (κ3) is 2.69. The smallest absolute Gasteiger partial charge is 0.164 e. The van der Waals surface area contributed by atoms with Crippen LogP contribution in [0.4, 0.5) is 4.39 Å². The van der Waals surface area contributed by atoms with Gasteiger partial charge in [0, 0.05) is 18.5 Å². The van der Waals surface area contributed by atoms with Crippen LogP contribution in [0.5, 0.6) is 11.5 Å². The van der Waals surface area contributed by atoms with Gasteiger partial charge in [-0.25, -0.2) is 0 Å². The van der Waals surface area contributed by atoms with Crippen molar-refractivity contribution in [2.75, 3.05) is 26.9 Å². The lowest BCUT2D eigenvalue weighted by molar-refractivity contribution is 0.272. The molecule has 1 aromatic carbocycles. The molecule has 4 heteroatoms. The maximum Gasteiger partial charge on any atom is 0.164 e. The van der Waals surface area contributed by atoms with E-state index < -0.39 is 0 Å². The van der Waals surface area contributed by atoms with E-state index in [0.717, 1.165) is 31.0 Å². The van der Waals surface area contributed by atoms with Gasteiger partial charge >= 0.3 is 0 Å². The van der Waals surface area contributed by atoms with E-state index in [1.54, 1.807) is 7.11 Å². The maximum atomic E-state index is 12.0. The molecule has 0 fully saturated rings. The Morgan fingerprint density at radius 3 is 3.06 bits per heavy atom. The van der Waals surface area contributed by atoms with Crippen LogP contribution in [0.1, 0.15) is 17.5 Å². The molecule has 0 aromatic heterocycles. The number of methoxy groups -OCH3 is 1. The molecule has 1 aliphatic heterocycles. The quantitative estimate of drug-likeness (QED) is 0.798. The number of nitrogens with one attached hydrogen (secondary N) is 1. The lowest BCUT2D eigenvalue weighted by Gasteiger charge is -2.21. The van der Waals surface area contributed by atoms with Gasteiger partial charge in [0.1, 0.15) is 0 Å². The molecule has 0 spiro atoms. The molecule has 0 radical (unpaired) electrons. The van der Waals surface area contributed by atoms with Gasteiger partial charge in [-0.3, -0.25) is 4.39 Å². The minimum absolute atomic E-state index is 0.350. The van der Waals surface area contributed by atoms with Crippen LogP contribution in [0.2, 0.25) is 0 Å². The summed E-state index contributed by atoms with van der Waals surface area (Å²) in [5.74, 6) is 1.53. The first kappa shape index (κ1) is 12.2. The van der Waals surface area contributed by atoms with Gasteiger partial charge in [0.15, 0.2) is 11.5 Å². The van der Waals surface area contributed by atoms with Gasteiger partial charge in [0.2, 0.25) is 0 Å². The third-order valence-electron chi connectivity index (χ3n) is 2.93. The van der Waals surface area contributed by atoms with Gasteiger partial charge < -0.3 is 14.8 Å². The first-order valence-electron chi connectivity index (χ1n) is 5.95. The molecule has 0 amide bonds. The van der Waals surface area contributed by atoms with Crippen molar-refractivity contribution in [2.45, 2.75) is 19.4 Å². The average molecular weight is 239 g/mol. The molecule has 1 N–H and O–H groups in total. The largest absolute Gasteiger partial charge is 0.493 e. The molecule has 0 bridgehead atoms. The summed E-state index contributed by atoms with van der Waals surface area (Å²) in [6, 6.07) is 3.96. The molecule has 1 aliphatic rings. The van der Waals surface area contributed by atoms with Gasteiger partial charge in [-0.05, 0) is 24.6 Å². The lowest BCUT2D eigenvalue weighted by atomic mass is 9.99. The van der Waals surface area contributed by atoms with Crippen LogP contribution in [0, 0.1) is 0 Å². The fourth-order valence-electron chi connectivity index (χ4n) is 2.10. The van der Waals surface area contributed by atoms with E-state index in [1.165, 1.54) is 11.1 Å². The SMILES string of the molecule is COc1c(OCCCF)ccc2c1CCNC2. The first-order chi connectivity index (χ1) is 8.36. The van der Waals surface area contributed by atoms with Crippen molar-refractivity contribution in [2.24, 2.45) is 0 Å². The van der Waals surface area contributed by atoms with Crippen molar-refractivity contribution in [3.63, 3.8) is 0 Å². The van der Waals surface area contributed by atoms with Gasteiger partial charge in [-0.2, -0.15) is 0 Å².